The first kappa shape index (κ1) is 18.5. The van der Waals surface area contributed by atoms with Gasteiger partial charge in [-0.2, -0.15) is 0 Å². The van der Waals surface area contributed by atoms with Gasteiger partial charge in [0.15, 0.2) is 11.4 Å². The van der Waals surface area contributed by atoms with Crippen LogP contribution >= 0.6 is 0 Å². The lowest BCUT2D eigenvalue weighted by molar-refractivity contribution is 0.0993. The average Bonchev–Trinajstić information content (AvgIpc) is 3.49. The molecule has 0 fully saturated rings. The first-order valence-corrected chi connectivity index (χ1v) is 9.76. The smallest absolute Gasteiger partial charge is 0.167 e. The number of benzene rings is 2. The van der Waals surface area contributed by atoms with Gasteiger partial charge in [-0.3, -0.25) is 14.2 Å². The molecule has 5 rings (SSSR count). The molecule has 0 unspecified atom stereocenters. The Bertz CT molecular complexity index is 1440. The van der Waals surface area contributed by atoms with Crippen molar-refractivity contribution in [2.24, 2.45) is 0 Å². The fourth-order valence-corrected chi connectivity index (χ4v) is 3.37. The molecule has 0 amide bonds. The maximum Gasteiger partial charge on any atom is 0.167 e. The highest BCUT2D eigenvalue weighted by molar-refractivity contribution is 5.97. The highest BCUT2D eigenvalue weighted by atomic mass is 16.1. The van der Waals surface area contributed by atoms with Crippen LogP contribution in [0.2, 0.25) is 0 Å². The van der Waals surface area contributed by atoms with Crippen molar-refractivity contribution in [3.63, 3.8) is 0 Å². The summed E-state index contributed by atoms with van der Waals surface area (Å²) in [5.74, 6) is 6.31. The summed E-state index contributed by atoms with van der Waals surface area (Å²) in [6, 6.07) is 15.3. The van der Waals surface area contributed by atoms with Gasteiger partial charge in [0.25, 0.3) is 0 Å². The molecule has 0 radical (unpaired) electrons. The molecule has 0 aliphatic rings. The molecular formula is C25H17N5O. The zero-order chi connectivity index (χ0) is 21.0. The van der Waals surface area contributed by atoms with E-state index in [-0.39, 0.29) is 5.78 Å². The number of carbonyl (C=O) groups excluding carboxylic acids is 1. The predicted molar refractivity (Wildman–Crippen MR) is 117 cm³/mol. The molecule has 0 aliphatic heterocycles. The minimum atomic E-state index is 0.0484. The number of Topliss-reactive ketones (excluding diaryl/α,β-unsaturated/α-hetero) is 1. The largest absolute Gasteiger partial charge is 0.306 e. The number of hydrogen-bond acceptors (Lipinski definition) is 4. The van der Waals surface area contributed by atoms with Crippen molar-refractivity contribution in [1.82, 2.24) is 23.9 Å². The number of imidazole rings is 2. The minimum absolute atomic E-state index is 0.0484. The summed E-state index contributed by atoms with van der Waals surface area (Å²) in [6.45, 7) is 0. The van der Waals surface area contributed by atoms with Crippen LogP contribution in [0.5, 0.6) is 0 Å². The normalized spacial score (nSPS) is 10.6. The molecule has 148 valence electrons. The monoisotopic (exact) mass is 403 g/mol. The molecule has 31 heavy (non-hydrogen) atoms. The van der Waals surface area contributed by atoms with E-state index in [1.807, 2.05) is 69.9 Å². The van der Waals surface area contributed by atoms with Crippen LogP contribution in [0.15, 0.2) is 92.0 Å². The van der Waals surface area contributed by atoms with Crippen molar-refractivity contribution in [3.8, 4) is 17.5 Å². The fourth-order valence-electron chi connectivity index (χ4n) is 3.37. The fraction of sp³-hybridized carbons (Fsp3) is 0.0400. The first-order chi connectivity index (χ1) is 15.3. The van der Waals surface area contributed by atoms with Gasteiger partial charge in [0.1, 0.15) is 5.69 Å². The molecule has 0 spiro atoms. The molecule has 5 aromatic rings. The molecule has 2 aromatic carbocycles. The quantitative estimate of drug-likeness (QED) is 0.339. The van der Waals surface area contributed by atoms with E-state index in [9.17, 15) is 4.79 Å². The summed E-state index contributed by atoms with van der Waals surface area (Å²) in [4.78, 5) is 25.3. The Balaban J connectivity index is 1.36. The van der Waals surface area contributed by atoms with Gasteiger partial charge in [-0.1, -0.05) is 30.2 Å². The summed E-state index contributed by atoms with van der Waals surface area (Å²) < 4.78 is 3.79. The Morgan fingerprint density at radius 1 is 0.935 bits per heavy atom. The number of aromatic nitrogens is 5. The lowest BCUT2D eigenvalue weighted by atomic mass is 10.0. The van der Waals surface area contributed by atoms with E-state index in [1.165, 1.54) is 0 Å². The van der Waals surface area contributed by atoms with E-state index in [0.29, 0.717) is 12.0 Å². The maximum absolute atomic E-state index is 12.9. The molecule has 6 heteroatoms. The second kappa shape index (κ2) is 8.09. The topological polar surface area (TPSA) is 65.1 Å². The number of nitrogens with zero attached hydrogens (tertiary/aromatic N) is 5. The van der Waals surface area contributed by atoms with Crippen molar-refractivity contribution in [1.29, 1.82) is 0 Å². The highest BCUT2D eigenvalue weighted by Gasteiger charge is 2.09. The Hall–Kier alpha value is -4.50. The van der Waals surface area contributed by atoms with E-state index in [4.69, 9.17) is 0 Å². The van der Waals surface area contributed by atoms with Crippen LogP contribution in [0.1, 0.15) is 27.2 Å². The molecule has 3 heterocycles. The zero-order valence-electron chi connectivity index (χ0n) is 16.5. The van der Waals surface area contributed by atoms with E-state index < -0.39 is 0 Å². The predicted octanol–water partition coefficient (Wildman–Crippen LogP) is 3.74. The van der Waals surface area contributed by atoms with Crippen LogP contribution in [0.3, 0.4) is 0 Å². The molecular weight excluding hydrogens is 386 g/mol. The lowest BCUT2D eigenvalue weighted by Crippen LogP contribution is -2.04. The zero-order valence-corrected chi connectivity index (χ0v) is 16.5. The van der Waals surface area contributed by atoms with Gasteiger partial charge < -0.3 is 4.57 Å². The van der Waals surface area contributed by atoms with Gasteiger partial charge in [0.05, 0.1) is 18.7 Å². The van der Waals surface area contributed by atoms with Gasteiger partial charge in [-0.25, -0.2) is 9.97 Å². The summed E-state index contributed by atoms with van der Waals surface area (Å²) in [6.07, 6.45) is 12.6. The van der Waals surface area contributed by atoms with Crippen molar-refractivity contribution in [3.05, 3.63) is 114 Å². The number of hydrogen-bond donors (Lipinski definition) is 0. The number of ketones is 1. The number of fused-ring (bicyclic) bond motifs is 1. The molecule has 0 bridgehead atoms. The summed E-state index contributed by atoms with van der Waals surface area (Å²) >= 11 is 0. The third-order valence-corrected chi connectivity index (χ3v) is 4.91. The molecule has 0 saturated heterocycles. The van der Waals surface area contributed by atoms with E-state index in [2.05, 4.69) is 26.8 Å². The second-order valence-corrected chi connectivity index (χ2v) is 7.02. The van der Waals surface area contributed by atoms with E-state index >= 15 is 0 Å². The number of carbonyl (C=O) groups is 1. The van der Waals surface area contributed by atoms with Gasteiger partial charge in [0.2, 0.25) is 0 Å². The number of rotatable bonds is 4. The molecule has 0 atom stereocenters. The van der Waals surface area contributed by atoms with Gasteiger partial charge in [-0.05, 0) is 35.7 Å². The van der Waals surface area contributed by atoms with Crippen molar-refractivity contribution in [2.45, 2.75) is 6.42 Å². The van der Waals surface area contributed by atoms with Crippen molar-refractivity contribution < 1.29 is 4.79 Å². The van der Waals surface area contributed by atoms with Crippen LogP contribution in [0.25, 0.3) is 11.3 Å². The van der Waals surface area contributed by atoms with Gasteiger partial charge in [0, 0.05) is 48.0 Å². The Labute approximate surface area is 178 Å². The SMILES string of the molecule is O=C(Cc1cccc(-n2ccnc2)c1)c1cccc(C#Cc2cnc3cnccn23)c1. The standard InChI is InChI=1S/C25H17N5O/c31-24(15-20-4-2-6-22(14-20)29-11-9-27-18-29)21-5-1-3-19(13-21)7-8-23-16-28-25-17-26-10-12-30(23)25/h1-6,9-14,16-18H,15H2. The second-order valence-electron chi connectivity index (χ2n) is 7.02. The van der Waals surface area contributed by atoms with E-state index in [1.54, 1.807) is 31.1 Å². The van der Waals surface area contributed by atoms with Crippen LogP contribution in [0, 0.1) is 11.8 Å². The third kappa shape index (κ3) is 3.98. The molecule has 0 aliphatic carbocycles. The van der Waals surface area contributed by atoms with Crippen molar-refractivity contribution in [2.75, 3.05) is 0 Å². The van der Waals surface area contributed by atoms with Crippen LogP contribution in [-0.4, -0.2) is 29.7 Å². The maximum atomic E-state index is 12.9. The average molecular weight is 403 g/mol. The first-order valence-electron chi connectivity index (χ1n) is 9.76. The summed E-state index contributed by atoms with van der Waals surface area (Å²) in [5, 5.41) is 0. The van der Waals surface area contributed by atoms with Crippen molar-refractivity contribution >= 4 is 11.4 Å². The molecule has 0 saturated carbocycles. The third-order valence-electron chi connectivity index (χ3n) is 4.91. The Kier molecular flexibility index (Phi) is 4.83. The van der Waals surface area contributed by atoms with Crippen LogP contribution in [0.4, 0.5) is 0 Å². The minimum Gasteiger partial charge on any atom is -0.306 e. The van der Waals surface area contributed by atoms with Crippen LogP contribution < -0.4 is 0 Å². The van der Waals surface area contributed by atoms with Gasteiger partial charge >= 0.3 is 0 Å². The molecule has 6 nitrogen and oxygen atoms in total. The lowest BCUT2D eigenvalue weighted by Gasteiger charge is -2.06. The van der Waals surface area contributed by atoms with E-state index in [0.717, 1.165) is 28.2 Å². The summed E-state index contributed by atoms with van der Waals surface area (Å²) in [7, 11) is 0. The summed E-state index contributed by atoms with van der Waals surface area (Å²) in [5.41, 5.74) is 4.86. The Morgan fingerprint density at radius 2 is 1.84 bits per heavy atom. The van der Waals surface area contributed by atoms with Gasteiger partial charge in [-0.15, -0.1) is 0 Å². The Morgan fingerprint density at radius 3 is 2.74 bits per heavy atom. The molecule has 0 N–H and O–H groups in total. The molecule has 3 aromatic heterocycles. The van der Waals surface area contributed by atoms with Crippen LogP contribution in [-0.2, 0) is 6.42 Å². The highest BCUT2D eigenvalue weighted by Crippen LogP contribution is 2.14.